The standard InChI is InChI=1S/C14H22N2O2S/c1-11(18)16-14-6-4-3-5-12(14)9-15-13(7-8-17)10-19-2/h3-6,13,15,17H,7-10H2,1-2H3,(H,16,18). The third-order valence-electron chi connectivity index (χ3n) is 2.75. The summed E-state index contributed by atoms with van der Waals surface area (Å²) in [6, 6.07) is 8.03. The van der Waals surface area contributed by atoms with Crippen LogP contribution in [0, 0.1) is 0 Å². The summed E-state index contributed by atoms with van der Waals surface area (Å²) in [5, 5.41) is 15.3. The molecule has 1 amide bonds. The number of rotatable bonds is 8. The van der Waals surface area contributed by atoms with E-state index in [9.17, 15) is 4.79 Å². The van der Waals surface area contributed by atoms with Gasteiger partial charge in [0.25, 0.3) is 0 Å². The second-order valence-electron chi connectivity index (χ2n) is 4.38. The summed E-state index contributed by atoms with van der Waals surface area (Å²) < 4.78 is 0. The molecule has 0 heterocycles. The van der Waals surface area contributed by atoms with Crippen LogP contribution in [0.15, 0.2) is 24.3 Å². The number of hydrogen-bond donors (Lipinski definition) is 3. The second kappa shape index (κ2) is 8.96. The number of para-hydroxylation sites is 1. The largest absolute Gasteiger partial charge is 0.396 e. The fourth-order valence-electron chi connectivity index (χ4n) is 1.84. The van der Waals surface area contributed by atoms with Crippen molar-refractivity contribution in [3.63, 3.8) is 0 Å². The van der Waals surface area contributed by atoms with E-state index in [1.807, 2.05) is 24.3 Å². The van der Waals surface area contributed by atoms with E-state index in [0.717, 1.165) is 23.4 Å². The fraction of sp³-hybridized carbons (Fsp3) is 0.500. The number of anilines is 1. The van der Waals surface area contributed by atoms with Gasteiger partial charge in [-0.25, -0.2) is 0 Å². The predicted octanol–water partition coefficient (Wildman–Crippen LogP) is 1.85. The molecule has 3 N–H and O–H groups in total. The molecular formula is C14H22N2O2S. The van der Waals surface area contributed by atoms with Crippen molar-refractivity contribution < 1.29 is 9.90 Å². The van der Waals surface area contributed by atoms with Crippen LogP contribution in [0.2, 0.25) is 0 Å². The summed E-state index contributed by atoms with van der Waals surface area (Å²) in [6.45, 7) is 2.37. The zero-order valence-electron chi connectivity index (χ0n) is 11.5. The van der Waals surface area contributed by atoms with Gasteiger partial charge < -0.3 is 15.7 Å². The number of aliphatic hydroxyl groups excluding tert-OH is 1. The summed E-state index contributed by atoms with van der Waals surface area (Å²) in [6.07, 6.45) is 2.79. The molecule has 1 atom stereocenters. The van der Waals surface area contributed by atoms with Crippen LogP contribution < -0.4 is 10.6 Å². The highest BCUT2D eigenvalue weighted by Crippen LogP contribution is 2.15. The van der Waals surface area contributed by atoms with Gasteiger partial charge >= 0.3 is 0 Å². The molecule has 0 saturated heterocycles. The minimum atomic E-state index is -0.0662. The van der Waals surface area contributed by atoms with Crippen molar-refractivity contribution in [3.8, 4) is 0 Å². The van der Waals surface area contributed by atoms with Crippen LogP contribution in [0.4, 0.5) is 5.69 Å². The molecule has 1 aromatic rings. The Hall–Kier alpha value is -1.04. The van der Waals surface area contributed by atoms with Gasteiger partial charge in [-0.3, -0.25) is 4.79 Å². The van der Waals surface area contributed by atoms with Gasteiger partial charge in [0.1, 0.15) is 0 Å². The van der Waals surface area contributed by atoms with Gasteiger partial charge in [0.15, 0.2) is 0 Å². The molecule has 0 aromatic heterocycles. The second-order valence-corrected chi connectivity index (χ2v) is 5.29. The van der Waals surface area contributed by atoms with Gasteiger partial charge in [0.2, 0.25) is 5.91 Å². The van der Waals surface area contributed by atoms with E-state index in [1.54, 1.807) is 11.8 Å². The quantitative estimate of drug-likeness (QED) is 0.681. The molecule has 0 aliphatic carbocycles. The van der Waals surface area contributed by atoms with E-state index in [1.165, 1.54) is 6.92 Å². The van der Waals surface area contributed by atoms with Crippen molar-refractivity contribution >= 4 is 23.4 Å². The van der Waals surface area contributed by atoms with Crippen LogP contribution in [0.1, 0.15) is 18.9 Å². The van der Waals surface area contributed by atoms with Gasteiger partial charge in [-0.05, 0) is 24.3 Å². The van der Waals surface area contributed by atoms with Crippen molar-refractivity contribution in [1.29, 1.82) is 0 Å². The van der Waals surface area contributed by atoms with Crippen LogP contribution in [0.5, 0.6) is 0 Å². The number of carbonyl (C=O) groups excluding carboxylic acids is 1. The molecule has 1 rings (SSSR count). The normalized spacial score (nSPS) is 12.2. The van der Waals surface area contributed by atoms with Gasteiger partial charge in [-0.15, -0.1) is 0 Å². The number of benzene rings is 1. The van der Waals surface area contributed by atoms with Crippen molar-refractivity contribution in [2.45, 2.75) is 25.9 Å². The summed E-state index contributed by atoms with van der Waals surface area (Å²) in [7, 11) is 0. The highest BCUT2D eigenvalue weighted by molar-refractivity contribution is 7.98. The van der Waals surface area contributed by atoms with Crippen molar-refractivity contribution in [1.82, 2.24) is 5.32 Å². The maximum absolute atomic E-state index is 11.1. The molecule has 19 heavy (non-hydrogen) atoms. The lowest BCUT2D eigenvalue weighted by molar-refractivity contribution is -0.114. The first-order valence-corrected chi connectivity index (χ1v) is 7.75. The Morgan fingerprint density at radius 3 is 2.79 bits per heavy atom. The van der Waals surface area contributed by atoms with Crippen molar-refractivity contribution in [2.24, 2.45) is 0 Å². The number of amides is 1. The van der Waals surface area contributed by atoms with Crippen molar-refractivity contribution in [2.75, 3.05) is 23.9 Å². The minimum absolute atomic E-state index is 0.0662. The Morgan fingerprint density at radius 1 is 1.42 bits per heavy atom. The molecule has 0 fully saturated rings. The maximum Gasteiger partial charge on any atom is 0.221 e. The number of nitrogens with one attached hydrogen (secondary N) is 2. The van der Waals surface area contributed by atoms with Gasteiger partial charge in [-0.1, -0.05) is 18.2 Å². The van der Waals surface area contributed by atoms with Gasteiger partial charge in [-0.2, -0.15) is 11.8 Å². The van der Waals surface area contributed by atoms with Crippen LogP contribution in [-0.2, 0) is 11.3 Å². The smallest absolute Gasteiger partial charge is 0.221 e. The maximum atomic E-state index is 11.1. The lowest BCUT2D eigenvalue weighted by atomic mass is 10.1. The van der Waals surface area contributed by atoms with Gasteiger partial charge in [0.05, 0.1) is 0 Å². The zero-order valence-corrected chi connectivity index (χ0v) is 12.3. The molecule has 0 bridgehead atoms. The monoisotopic (exact) mass is 282 g/mol. The summed E-state index contributed by atoms with van der Waals surface area (Å²) >= 11 is 1.76. The van der Waals surface area contributed by atoms with Crippen LogP contribution in [0.25, 0.3) is 0 Å². The van der Waals surface area contributed by atoms with Crippen LogP contribution in [-0.4, -0.2) is 35.7 Å². The summed E-state index contributed by atoms with van der Waals surface area (Å²) in [5.41, 5.74) is 1.90. The third kappa shape index (κ3) is 6.09. The third-order valence-corrected chi connectivity index (χ3v) is 3.49. The van der Waals surface area contributed by atoms with E-state index in [4.69, 9.17) is 5.11 Å². The molecule has 0 aliphatic rings. The van der Waals surface area contributed by atoms with Crippen LogP contribution >= 0.6 is 11.8 Å². The number of aliphatic hydroxyl groups is 1. The van der Waals surface area contributed by atoms with Crippen molar-refractivity contribution in [3.05, 3.63) is 29.8 Å². The molecule has 4 nitrogen and oxygen atoms in total. The van der Waals surface area contributed by atoms with Crippen LogP contribution in [0.3, 0.4) is 0 Å². The molecule has 1 aromatic carbocycles. The highest BCUT2D eigenvalue weighted by atomic mass is 32.2. The Morgan fingerprint density at radius 2 is 2.16 bits per heavy atom. The molecule has 106 valence electrons. The van der Waals surface area contributed by atoms with E-state index in [2.05, 4.69) is 16.9 Å². The predicted molar refractivity (Wildman–Crippen MR) is 81.5 cm³/mol. The molecule has 0 radical (unpaired) electrons. The first kappa shape index (κ1) is 16.0. The number of thioether (sulfide) groups is 1. The average molecular weight is 282 g/mol. The fourth-order valence-corrected chi connectivity index (χ4v) is 2.53. The van der Waals surface area contributed by atoms with E-state index >= 15 is 0 Å². The molecule has 1 unspecified atom stereocenters. The Labute approximate surface area is 119 Å². The molecule has 5 heteroatoms. The molecule has 0 aliphatic heterocycles. The van der Waals surface area contributed by atoms with E-state index in [0.29, 0.717) is 6.54 Å². The molecule has 0 saturated carbocycles. The topological polar surface area (TPSA) is 61.4 Å². The van der Waals surface area contributed by atoms with E-state index in [-0.39, 0.29) is 18.6 Å². The highest BCUT2D eigenvalue weighted by Gasteiger charge is 2.09. The Bertz CT molecular complexity index is 393. The molecular weight excluding hydrogens is 260 g/mol. The summed E-state index contributed by atoms with van der Waals surface area (Å²) in [4.78, 5) is 11.1. The molecule has 0 spiro atoms. The minimum Gasteiger partial charge on any atom is -0.396 e. The van der Waals surface area contributed by atoms with Gasteiger partial charge in [0, 0.05) is 37.6 Å². The lowest BCUT2D eigenvalue weighted by Crippen LogP contribution is -2.32. The Kier molecular flexibility index (Phi) is 7.55. The Balaban J connectivity index is 2.62. The lowest BCUT2D eigenvalue weighted by Gasteiger charge is -2.18. The first-order valence-electron chi connectivity index (χ1n) is 6.36. The number of hydrogen-bond acceptors (Lipinski definition) is 4. The first-order chi connectivity index (χ1) is 9.17. The number of carbonyl (C=O) groups is 1. The SMILES string of the molecule is CSCC(CCO)NCc1ccccc1NC(C)=O. The summed E-state index contributed by atoms with van der Waals surface area (Å²) in [5.74, 6) is 0.895. The van der Waals surface area contributed by atoms with E-state index < -0.39 is 0 Å². The zero-order chi connectivity index (χ0) is 14.1. The average Bonchev–Trinajstić information content (AvgIpc) is 2.37.